The lowest BCUT2D eigenvalue weighted by Crippen LogP contribution is -2.57. The first kappa shape index (κ1) is 17.0. The van der Waals surface area contributed by atoms with Crippen molar-refractivity contribution in [3.63, 3.8) is 0 Å². The topological polar surface area (TPSA) is 89.7 Å². The van der Waals surface area contributed by atoms with Crippen LogP contribution in [0.3, 0.4) is 0 Å². The number of piperazine rings is 1. The van der Waals surface area contributed by atoms with Crippen LogP contribution < -0.4 is 4.90 Å². The van der Waals surface area contributed by atoms with Gasteiger partial charge in [0.1, 0.15) is 17.4 Å². The Labute approximate surface area is 136 Å². The molecule has 0 radical (unpaired) electrons. The van der Waals surface area contributed by atoms with Crippen molar-refractivity contribution in [3.05, 3.63) is 24.0 Å². The zero-order chi connectivity index (χ0) is 17.0. The molecule has 124 valence electrons. The quantitative estimate of drug-likeness (QED) is 0.886. The third-order valence-electron chi connectivity index (χ3n) is 3.53. The van der Waals surface area contributed by atoms with Crippen LogP contribution in [-0.2, 0) is 4.74 Å². The van der Waals surface area contributed by atoms with Crippen LogP contribution in [0.1, 0.15) is 26.5 Å². The van der Waals surface area contributed by atoms with Crippen LogP contribution in [-0.4, -0.2) is 59.0 Å². The number of nitrogens with zero attached hydrogens (tertiary/aromatic N) is 4. The van der Waals surface area contributed by atoms with E-state index in [9.17, 15) is 9.90 Å². The van der Waals surface area contributed by atoms with Gasteiger partial charge in [0.2, 0.25) is 0 Å². The molecule has 1 atom stereocenters. The van der Waals surface area contributed by atoms with Crippen LogP contribution in [0.5, 0.6) is 0 Å². The number of amides is 1. The summed E-state index contributed by atoms with van der Waals surface area (Å²) in [7, 11) is 0. The molecular weight excluding hydrogens is 296 g/mol. The second-order valence-corrected chi connectivity index (χ2v) is 6.47. The van der Waals surface area contributed by atoms with Gasteiger partial charge in [-0.2, -0.15) is 5.26 Å². The summed E-state index contributed by atoms with van der Waals surface area (Å²) in [5.74, 6) is 0. The lowest BCUT2D eigenvalue weighted by Gasteiger charge is -2.42. The van der Waals surface area contributed by atoms with Gasteiger partial charge in [-0.15, -0.1) is 0 Å². The molecule has 1 fully saturated rings. The van der Waals surface area contributed by atoms with Crippen molar-refractivity contribution in [2.24, 2.45) is 0 Å². The molecule has 0 spiro atoms. The van der Waals surface area contributed by atoms with Crippen molar-refractivity contribution in [3.8, 4) is 6.07 Å². The van der Waals surface area contributed by atoms with Gasteiger partial charge in [-0.1, -0.05) is 0 Å². The first-order valence-electron chi connectivity index (χ1n) is 7.55. The Morgan fingerprint density at radius 1 is 1.52 bits per heavy atom. The Morgan fingerprint density at radius 3 is 2.87 bits per heavy atom. The minimum Gasteiger partial charge on any atom is -0.444 e. The molecule has 7 nitrogen and oxygen atoms in total. The molecule has 1 unspecified atom stereocenters. The third-order valence-corrected chi connectivity index (χ3v) is 3.53. The van der Waals surface area contributed by atoms with Crippen molar-refractivity contribution < 1.29 is 14.6 Å². The van der Waals surface area contributed by atoms with Gasteiger partial charge in [0, 0.05) is 31.5 Å². The summed E-state index contributed by atoms with van der Waals surface area (Å²) < 4.78 is 5.38. The van der Waals surface area contributed by atoms with Gasteiger partial charge in [0.05, 0.1) is 12.6 Å². The highest BCUT2D eigenvalue weighted by molar-refractivity contribution is 5.69. The number of aromatic nitrogens is 1. The maximum Gasteiger partial charge on any atom is 0.410 e. The van der Waals surface area contributed by atoms with Crippen LogP contribution in [0.15, 0.2) is 18.3 Å². The molecule has 1 aromatic rings. The SMILES string of the molecule is CC(C)(C)OC(=O)N1CCN(c2ccnc(C#N)c2)C(CO)C1. The smallest absolute Gasteiger partial charge is 0.410 e. The number of aliphatic hydroxyl groups is 1. The molecule has 0 saturated carbocycles. The molecule has 0 bridgehead atoms. The Kier molecular flexibility index (Phi) is 5.06. The first-order valence-corrected chi connectivity index (χ1v) is 7.55. The second kappa shape index (κ2) is 6.84. The molecule has 2 heterocycles. The molecule has 23 heavy (non-hydrogen) atoms. The zero-order valence-corrected chi connectivity index (χ0v) is 13.7. The third kappa shape index (κ3) is 4.33. The van der Waals surface area contributed by atoms with Gasteiger partial charge in [0.25, 0.3) is 0 Å². The van der Waals surface area contributed by atoms with Crippen LogP contribution in [0, 0.1) is 11.3 Å². The van der Waals surface area contributed by atoms with E-state index in [0.29, 0.717) is 25.3 Å². The summed E-state index contributed by atoms with van der Waals surface area (Å²) in [6.07, 6.45) is 1.20. The number of carbonyl (C=O) groups is 1. The van der Waals surface area contributed by atoms with Gasteiger partial charge in [-0.25, -0.2) is 9.78 Å². The summed E-state index contributed by atoms with van der Waals surface area (Å²) in [6.45, 7) is 6.80. The van der Waals surface area contributed by atoms with Crippen molar-refractivity contribution in [2.75, 3.05) is 31.1 Å². The number of hydrogen-bond donors (Lipinski definition) is 1. The van der Waals surface area contributed by atoms with E-state index < -0.39 is 5.60 Å². The van der Waals surface area contributed by atoms with Crippen molar-refractivity contribution in [1.82, 2.24) is 9.88 Å². The fourth-order valence-electron chi connectivity index (χ4n) is 2.50. The molecule has 0 aromatic carbocycles. The Balaban J connectivity index is 2.10. The minimum atomic E-state index is -0.546. The second-order valence-electron chi connectivity index (χ2n) is 6.47. The number of pyridine rings is 1. The molecule has 1 amide bonds. The summed E-state index contributed by atoms with van der Waals surface area (Å²) >= 11 is 0. The van der Waals surface area contributed by atoms with Crippen LogP contribution in [0.4, 0.5) is 10.5 Å². The maximum atomic E-state index is 12.2. The Hall–Kier alpha value is -2.33. The lowest BCUT2D eigenvalue weighted by atomic mass is 10.1. The maximum absolute atomic E-state index is 12.2. The first-order chi connectivity index (χ1) is 10.8. The predicted octanol–water partition coefficient (Wildman–Crippen LogP) is 1.37. The number of carbonyl (C=O) groups excluding carboxylic acids is 1. The fraction of sp³-hybridized carbons (Fsp3) is 0.562. The van der Waals surface area contributed by atoms with E-state index >= 15 is 0 Å². The molecule has 0 aliphatic carbocycles. The van der Waals surface area contributed by atoms with Crippen LogP contribution in [0.2, 0.25) is 0 Å². The lowest BCUT2D eigenvalue weighted by molar-refractivity contribution is 0.0197. The summed E-state index contributed by atoms with van der Waals surface area (Å²) in [6, 6.07) is 5.25. The number of ether oxygens (including phenoxy) is 1. The normalized spacial score (nSPS) is 18.5. The summed E-state index contributed by atoms with van der Waals surface area (Å²) in [4.78, 5) is 19.7. The highest BCUT2D eigenvalue weighted by Gasteiger charge is 2.31. The van der Waals surface area contributed by atoms with Gasteiger partial charge < -0.3 is 19.6 Å². The van der Waals surface area contributed by atoms with E-state index in [1.165, 1.54) is 0 Å². The average Bonchev–Trinajstić information content (AvgIpc) is 2.52. The molecule has 1 aliphatic heterocycles. The molecule has 2 rings (SSSR count). The minimum absolute atomic E-state index is 0.0937. The highest BCUT2D eigenvalue weighted by Crippen LogP contribution is 2.22. The monoisotopic (exact) mass is 318 g/mol. The van der Waals surface area contributed by atoms with Gasteiger partial charge in [-0.3, -0.25) is 0 Å². The molecular formula is C16H22N4O3. The largest absolute Gasteiger partial charge is 0.444 e. The average molecular weight is 318 g/mol. The number of nitriles is 1. The standard InChI is InChI=1S/C16H22N4O3/c1-16(2,3)23-15(22)19-6-7-20(14(10-19)11-21)13-4-5-18-12(8-13)9-17/h4-5,8,14,21H,6-7,10-11H2,1-3H3. The Bertz CT molecular complexity index is 606. The van der Waals surface area contributed by atoms with Gasteiger partial charge in [0.15, 0.2) is 0 Å². The van der Waals surface area contributed by atoms with Gasteiger partial charge in [-0.05, 0) is 32.9 Å². The number of rotatable bonds is 2. The van der Waals surface area contributed by atoms with Gasteiger partial charge >= 0.3 is 6.09 Å². The number of hydrogen-bond acceptors (Lipinski definition) is 6. The van der Waals surface area contributed by atoms with E-state index in [1.54, 1.807) is 23.2 Å². The Morgan fingerprint density at radius 2 is 2.26 bits per heavy atom. The zero-order valence-electron chi connectivity index (χ0n) is 13.7. The molecule has 7 heteroatoms. The highest BCUT2D eigenvalue weighted by atomic mass is 16.6. The fourth-order valence-corrected chi connectivity index (χ4v) is 2.50. The number of anilines is 1. The van der Waals surface area contributed by atoms with E-state index in [2.05, 4.69) is 4.98 Å². The molecule has 1 saturated heterocycles. The van der Waals surface area contributed by atoms with Crippen molar-refractivity contribution >= 4 is 11.8 Å². The van der Waals surface area contributed by atoms with Crippen molar-refractivity contribution in [1.29, 1.82) is 5.26 Å². The summed E-state index contributed by atoms with van der Waals surface area (Å²) in [5.41, 5.74) is 0.601. The van der Waals surface area contributed by atoms with Crippen LogP contribution in [0.25, 0.3) is 0 Å². The van der Waals surface area contributed by atoms with E-state index in [1.807, 2.05) is 31.7 Å². The van der Waals surface area contributed by atoms with E-state index in [4.69, 9.17) is 10.00 Å². The molecule has 1 aromatic heterocycles. The number of aliphatic hydroxyl groups excluding tert-OH is 1. The van der Waals surface area contributed by atoms with E-state index in [0.717, 1.165) is 5.69 Å². The molecule has 1 aliphatic rings. The van der Waals surface area contributed by atoms with Crippen LogP contribution >= 0.6 is 0 Å². The predicted molar refractivity (Wildman–Crippen MR) is 85.0 cm³/mol. The molecule has 1 N–H and O–H groups in total. The van der Waals surface area contributed by atoms with E-state index in [-0.39, 0.29) is 18.7 Å². The summed E-state index contributed by atoms with van der Waals surface area (Å²) in [5, 5.41) is 18.6. The van der Waals surface area contributed by atoms with Crippen molar-refractivity contribution in [2.45, 2.75) is 32.4 Å².